The molecule has 0 amide bonds. The zero-order valence-corrected chi connectivity index (χ0v) is 16.4. The van der Waals surface area contributed by atoms with Gasteiger partial charge in [0.1, 0.15) is 0 Å². The Morgan fingerprint density at radius 1 is 0.846 bits per heavy atom. The van der Waals surface area contributed by atoms with Gasteiger partial charge in [0, 0.05) is 44.0 Å². The van der Waals surface area contributed by atoms with E-state index in [1.165, 1.54) is 64.3 Å². The number of nitrogens with zero attached hydrogens (tertiary/aromatic N) is 3. The molecule has 0 atom stereocenters. The third-order valence-electron chi connectivity index (χ3n) is 5.38. The fourth-order valence-electron chi connectivity index (χ4n) is 3.66. The Hall–Kier alpha value is -1.62. The van der Waals surface area contributed by atoms with E-state index in [0.29, 0.717) is 0 Å². The summed E-state index contributed by atoms with van der Waals surface area (Å²) in [6, 6.07) is 6.94. The van der Waals surface area contributed by atoms with Crippen LogP contribution in [0.2, 0.25) is 0 Å². The van der Waals surface area contributed by atoms with E-state index in [9.17, 15) is 10.1 Å². The molecule has 1 aromatic carbocycles. The minimum atomic E-state index is -0.340. The lowest BCUT2D eigenvalue weighted by Crippen LogP contribution is -2.46. The van der Waals surface area contributed by atoms with Crippen molar-refractivity contribution in [1.29, 1.82) is 0 Å². The van der Waals surface area contributed by atoms with Gasteiger partial charge in [-0.05, 0) is 25.1 Å². The van der Waals surface area contributed by atoms with Gasteiger partial charge in [0.2, 0.25) is 0 Å². The molecule has 0 spiro atoms. The maximum Gasteiger partial charge on any atom is 0.269 e. The molecular weight excluding hydrogens is 326 g/mol. The number of anilines is 1. The van der Waals surface area contributed by atoms with Gasteiger partial charge in [-0.15, -0.1) is 0 Å². The molecule has 5 heteroatoms. The molecule has 1 aliphatic rings. The molecule has 0 unspecified atom stereocenters. The first-order valence-electron chi connectivity index (χ1n) is 10.4. The molecule has 0 saturated carbocycles. The van der Waals surface area contributed by atoms with Crippen molar-refractivity contribution in [3.05, 3.63) is 34.4 Å². The number of non-ortho nitro benzene ring substituents is 1. The SMILES string of the molecule is CCCCCCCCCCCN1CCN(c2ccc([N+](=O)[O-])cc2)CC1. The molecule has 5 nitrogen and oxygen atoms in total. The van der Waals surface area contributed by atoms with Crippen LogP contribution in [0.4, 0.5) is 11.4 Å². The van der Waals surface area contributed by atoms with Crippen LogP contribution in [0, 0.1) is 10.1 Å². The molecule has 1 heterocycles. The first kappa shape index (κ1) is 20.7. The molecule has 1 saturated heterocycles. The summed E-state index contributed by atoms with van der Waals surface area (Å²) >= 11 is 0. The second-order valence-electron chi connectivity index (χ2n) is 7.43. The number of nitro groups is 1. The summed E-state index contributed by atoms with van der Waals surface area (Å²) in [7, 11) is 0. The van der Waals surface area contributed by atoms with Crippen molar-refractivity contribution in [1.82, 2.24) is 4.90 Å². The fraction of sp³-hybridized carbons (Fsp3) is 0.714. The van der Waals surface area contributed by atoms with Crippen LogP contribution >= 0.6 is 0 Å². The highest BCUT2D eigenvalue weighted by Crippen LogP contribution is 2.20. The largest absolute Gasteiger partial charge is 0.369 e. The number of benzene rings is 1. The van der Waals surface area contributed by atoms with Gasteiger partial charge < -0.3 is 4.90 Å². The Morgan fingerprint density at radius 2 is 1.38 bits per heavy atom. The molecule has 0 bridgehead atoms. The van der Waals surface area contributed by atoms with Gasteiger partial charge in [-0.3, -0.25) is 15.0 Å². The van der Waals surface area contributed by atoms with Crippen molar-refractivity contribution in [2.45, 2.75) is 64.7 Å². The molecule has 1 fully saturated rings. The van der Waals surface area contributed by atoms with Gasteiger partial charge in [-0.2, -0.15) is 0 Å². The predicted molar refractivity (Wildman–Crippen MR) is 109 cm³/mol. The van der Waals surface area contributed by atoms with Crippen molar-refractivity contribution < 1.29 is 4.92 Å². The van der Waals surface area contributed by atoms with Crippen molar-refractivity contribution >= 4 is 11.4 Å². The number of unbranched alkanes of at least 4 members (excludes halogenated alkanes) is 8. The van der Waals surface area contributed by atoms with Crippen LogP contribution in [0.25, 0.3) is 0 Å². The summed E-state index contributed by atoms with van der Waals surface area (Å²) in [5.74, 6) is 0. The zero-order chi connectivity index (χ0) is 18.6. The van der Waals surface area contributed by atoms with Crippen LogP contribution < -0.4 is 4.90 Å². The van der Waals surface area contributed by atoms with E-state index in [-0.39, 0.29) is 10.6 Å². The molecule has 0 N–H and O–H groups in total. The van der Waals surface area contributed by atoms with E-state index in [1.807, 2.05) is 12.1 Å². The topological polar surface area (TPSA) is 49.6 Å². The first-order chi connectivity index (χ1) is 12.7. The third-order valence-corrected chi connectivity index (χ3v) is 5.38. The van der Waals surface area contributed by atoms with Crippen LogP contribution in [-0.2, 0) is 0 Å². The summed E-state index contributed by atoms with van der Waals surface area (Å²) in [6.45, 7) is 7.68. The summed E-state index contributed by atoms with van der Waals surface area (Å²) in [4.78, 5) is 15.3. The summed E-state index contributed by atoms with van der Waals surface area (Å²) in [5.41, 5.74) is 1.26. The molecule has 0 radical (unpaired) electrons. The van der Waals surface area contributed by atoms with Crippen LogP contribution in [-0.4, -0.2) is 42.5 Å². The van der Waals surface area contributed by atoms with Gasteiger partial charge in [-0.1, -0.05) is 58.3 Å². The van der Waals surface area contributed by atoms with Gasteiger partial charge in [0.25, 0.3) is 5.69 Å². The third kappa shape index (κ3) is 7.32. The van der Waals surface area contributed by atoms with E-state index in [4.69, 9.17) is 0 Å². The maximum absolute atomic E-state index is 10.7. The molecule has 1 aliphatic heterocycles. The van der Waals surface area contributed by atoms with Crippen molar-refractivity contribution in [3.8, 4) is 0 Å². The smallest absolute Gasteiger partial charge is 0.269 e. The Bertz CT molecular complexity index is 510. The maximum atomic E-state index is 10.7. The van der Waals surface area contributed by atoms with Gasteiger partial charge in [0.05, 0.1) is 4.92 Å². The van der Waals surface area contributed by atoms with Crippen molar-refractivity contribution in [3.63, 3.8) is 0 Å². The average molecular weight is 362 g/mol. The molecule has 146 valence electrons. The van der Waals surface area contributed by atoms with Gasteiger partial charge >= 0.3 is 0 Å². The monoisotopic (exact) mass is 361 g/mol. The number of hydrogen-bond donors (Lipinski definition) is 0. The van der Waals surface area contributed by atoms with Crippen molar-refractivity contribution in [2.24, 2.45) is 0 Å². The van der Waals surface area contributed by atoms with E-state index < -0.39 is 0 Å². The van der Waals surface area contributed by atoms with E-state index >= 15 is 0 Å². The zero-order valence-electron chi connectivity index (χ0n) is 16.4. The van der Waals surface area contributed by atoms with Crippen LogP contribution in [0.15, 0.2) is 24.3 Å². The molecule has 1 aromatic rings. The second kappa shape index (κ2) is 11.9. The number of nitro benzene ring substituents is 1. The van der Waals surface area contributed by atoms with E-state index in [0.717, 1.165) is 31.9 Å². The predicted octanol–water partition coefficient (Wildman–Crippen LogP) is 5.25. The molecular formula is C21H35N3O2. The summed E-state index contributed by atoms with van der Waals surface area (Å²) < 4.78 is 0. The standard InChI is InChI=1S/C21H35N3O2/c1-2-3-4-5-6-7-8-9-10-15-22-16-18-23(19-17-22)20-11-13-21(14-12-20)24(25)26/h11-14H,2-10,15-19H2,1H3. The van der Waals surface area contributed by atoms with E-state index in [2.05, 4.69) is 16.7 Å². The van der Waals surface area contributed by atoms with Crippen LogP contribution in [0.3, 0.4) is 0 Å². The lowest BCUT2D eigenvalue weighted by molar-refractivity contribution is -0.384. The normalized spacial score (nSPS) is 15.3. The Labute approximate surface area is 158 Å². The minimum absolute atomic E-state index is 0.165. The highest BCUT2D eigenvalue weighted by atomic mass is 16.6. The van der Waals surface area contributed by atoms with Crippen LogP contribution in [0.1, 0.15) is 64.7 Å². The number of piperazine rings is 1. The van der Waals surface area contributed by atoms with Gasteiger partial charge in [0.15, 0.2) is 0 Å². The Balaban J connectivity index is 1.54. The molecule has 0 aromatic heterocycles. The van der Waals surface area contributed by atoms with Crippen molar-refractivity contribution in [2.75, 3.05) is 37.6 Å². The Morgan fingerprint density at radius 3 is 1.92 bits per heavy atom. The van der Waals surface area contributed by atoms with Crippen LogP contribution in [0.5, 0.6) is 0 Å². The lowest BCUT2D eigenvalue weighted by Gasteiger charge is -2.36. The van der Waals surface area contributed by atoms with Gasteiger partial charge in [-0.25, -0.2) is 0 Å². The highest BCUT2D eigenvalue weighted by Gasteiger charge is 2.17. The Kier molecular flexibility index (Phi) is 9.46. The molecule has 0 aliphatic carbocycles. The molecule has 2 rings (SSSR count). The lowest BCUT2D eigenvalue weighted by atomic mass is 10.1. The number of rotatable bonds is 12. The number of hydrogen-bond acceptors (Lipinski definition) is 4. The second-order valence-corrected chi connectivity index (χ2v) is 7.43. The van der Waals surface area contributed by atoms with E-state index in [1.54, 1.807) is 12.1 Å². The summed E-state index contributed by atoms with van der Waals surface area (Å²) in [5, 5.41) is 10.7. The first-order valence-corrected chi connectivity index (χ1v) is 10.4. The quantitative estimate of drug-likeness (QED) is 0.290. The fourth-order valence-corrected chi connectivity index (χ4v) is 3.66. The highest BCUT2D eigenvalue weighted by molar-refractivity contribution is 5.51. The average Bonchev–Trinajstić information content (AvgIpc) is 2.67. The minimum Gasteiger partial charge on any atom is -0.369 e. The molecule has 26 heavy (non-hydrogen) atoms. The summed E-state index contributed by atoms with van der Waals surface area (Å²) in [6.07, 6.45) is 12.4.